The van der Waals surface area contributed by atoms with Crippen LogP contribution in [-0.4, -0.2) is 43.8 Å². The number of carbonyl (C=O) groups is 1. The first-order valence-electron chi connectivity index (χ1n) is 12.4. The van der Waals surface area contributed by atoms with Crippen LogP contribution >= 0.6 is 7.94 Å². The average molecular weight is 541 g/mol. The van der Waals surface area contributed by atoms with Gasteiger partial charge in [-0.25, -0.2) is 4.52 Å². The molecule has 5 atom stereocenters. The van der Waals surface area contributed by atoms with Crippen molar-refractivity contribution in [3.63, 3.8) is 0 Å². The fourth-order valence-electron chi connectivity index (χ4n) is 4.22. The van der Waals surface area contributed by atoms with Crippen molar-refractivity contribution in [2.45, 2.75) is 50.9 Å². The van der Waals surface area contributed by atoms with Crippen molar-refractivity contribution in [2.24, 2.45) is 0 Å². The van der Waals surface area contributed by atoms with Gasteiger partial charge in [-0.05, 0) is 16.7 Å². The van der Waals surface area contributed by atoms with Gasteiger partial charge in [0.25, 0.3) is 13.8 Å². The smallest absolute Gasteiger partial charge is 0.306 e. The molecule has 8 nitrogen and oxygen atoms in total. The van der Waals surface area contributed by atoms with E-state index >= 15 is 0 Å². The van der Waals surface area contributed by atoms with E-state index in [1.807, 2.05) is 91.0 Å². The minimum absolute atomic E-state index is 0.0552. The fourth-order valence-corrected chi connectivity index (χ4v) is 6.08. The van der Waals surface area contributed by atoms with Gasteiger partial charge in [0.1, 0.15) is 6.10 Å². The molecule has 38 heavy (non-hydrogen) atoms. The molecule has 0 radical (unpaired) electrons. The third-order valence-electron chi connectivity index (χ3n) is 6.07. The minimum atomic E-state index is -3.97. The molecule has 3 aromatic rings. The Hall–Kier alpha value is -2.68. The zero-order chi connectivity index (χ0) is 26.8. The average Bonchev–Trinajstić information content (AvgIpc) is 2.94. The van der Waals surface area contributed by atoms with Gasteiger partial charge in [-0.2, -0.15) is 4.52 Å². The van der Waals surface area contributed by atoms with Crippen LogP contribution in [0.3, 0.4) is 0 Å². The molecule has 0 amide bonds. The summed E-state index contributed by atoms with van der Waals surface area (Å²) in [7, 11) is -2.70. The number of hydrogen-bond acceptors (Lipinski definition) is 8. The van der Waals surface area contributed by atoms with Crippen LogP contribution in [0, 0.1) is 0 Å². The Morgan fingerprint density at radius 1 is 0.789 bits per heavy atom. The van der Waals surface area contributed by atoms with Gasteiger partial charge in [-0.3, -0.25) is 4.79 Å². The molecule has 1 heterocycles. The Labute approximate surface area is 224 Å². The summed E-state index contributed by atoms with van der Waals surface area (Å²) in [5.41, 5.74) is 2.81. The van der Waals surface area contributed by atoms with Crippen LogP contribution in [0.5, 0.6) is 0 Å². The summed E-state index contributed by atoms with van der Waals surface area (Å²) < 4.78 is 35.4. The molecule has 4 rings (SSSR count). The second kappa shape index (κ2) is 13.9. The van der Waals surface area contributed by atoms with Gasteiger partial charge in [0.2, 0.25) is 0 Å². The lowest BCUT2D eigenvalue weighted by Crippen LogP contribution is -2.58. The van der Waals surface area contributed by atoms with E-state index in [0.717, 1.165) is 16.7 Å². The van der Waals surface area contributed by atoms with Gasteiger partial charge in [-0.15, -0.1) is 0 Å². The minimum Gasteiger partial charge on any atom is -0.628 e. The highest BCUT2D eigenvalue weighted by Gasteiger charge is 2.60. The predicted molar refractivity (Wildman–Crippen MR) is 140 cm³/mol. The van der Waals surface area contributed by atoms with Crippen LogP contribution in [0.15, 0.2) is 91.0 Å². The van der Waals surface area contributed by atoms with Crippen LogP contribution in [-0.2, 0) is 52.6 Å². The van der Waals surface area contributed by atoms with E-state index in [4.69, 9.17) is 28.0 Å². The van der Waals surface area contributed by atoms with Crippen LogP contribution in [0.1, 0.15) is 23.6 Å². The molecule has 1 fully saturated rings. The maximum Gasteiger partial charge on any atom is 0.306 e. The Morgan fingerprint density at radius 2 is 1.26 bits per heavy atom. The lowest BCUT2D eigenvalue weighted by Gasteiger charge is -2.46. The molecule has 3 aromatic carbocycles. The molecule has 1 aliphatic rings. The van der Waals surface area contributed by atoms with E-state index in [1.54, 1.807) is 0 Å². The Balaban J connectivity index is 1.60. The highest BCUT2D eigenvalue weighted by molar-refractivity contribution is 7.59. The van der Waals surface area contributed by atoms with Crippen molar-refractivity contribution < 1.29 is 37.7 Å². The number of esters is 1. The van der Waals surface area contributed by atoms with Crippen LogP contribution in [0.25, 0.3) is 0 Å². The Kier molecular flexibility index (Phi) is 10.4. The summed E-state index contributed by atoms with van der Waals surface area (Å²) in [6.45, 7) is 2.03. The number of hydrogen-bond donors (Lipinski definition) is 0. The van der Waals surface area contributed by atoms with Crippen molar-refractivity contribution in [2.75, 3.05) is 13.7 Å². The number of ether oxygens (including phenoxy) is 4. The summed E-state index contributed by atoms with van der Waals surface area (Å²) in [5, 5.41) is 0. The molecular formula is C29H33O8P. The molecule has 0 saturated carbocycles. The highest BCUT2D eigenvalue weighted by Crippen LogP contribution is 2.63. The highest BCUT2D eigenvalue weighted by atomic mass is 31.2. The molecular weight excluding hydrogens is 507 g/mol. The lowest BCUT2D eigenvalue weighted by molar-refractivity contribution is -0.270. The first-order chi connectivity index (χ1) is 18.5. The zero-order valence-corrected chi connectivity index (χ0v) is 22.4. The summed E-state index contributed by atoms with van der Waals surface area (Å²) in [4.78, 5) is 25.9. The largest absolute Gasteiger partial charge is 0.628 e. The van der Waals surface area contributed by atoms with Crippen molar-refractivity contribution >= 4 is 13.9 Å². The molecule has 9 heteroatoms. The van der Waals surface area contributed by atoms with Crippen LogP contribution < -0.4 is 4.89 Å². The number of carbonyl (C=O) groups excluding carboxylic acids is 1. The molecule has 202 valence electrons. The fraction of sp³-hybridized carbons (Fsp3) is 0.345. The summed E-state index contributed by atoms with van der Waals surface area (Å²) >= 11 is 0. The van der Waals surface area contributed by atoms with Crippen molar-refractivity contribution in [3.05, 3.63) is 108 Å². The molecule has 0 N–H and O–H groups in total. The summed E-state index contributed by atoms with van der Waals surface area (Å²) in [5.74, 6) is -1.95. The van der Waals surface area contributed by atoms with E-state index in [-0.39, 0.29) is 19.8 Å². The summed E-state index contributed by atoms with van der Waals surface area (Å²) in [6, 6.07) is 28.9. The SMILES string of the molecule is CO[P+]1([O-])O[C@H](COCc2ccccc2)[C@@H](OCc2ccccc2)[C@H](OCc2ccccc2)[C@@H]1OC(C)=O. The van der Waals surface area contributed by atoms with Crippen LogP contribution in [0.2, 0.25) is 0 Å². The molecule has 0 aromatic heterocycles. The number of benzene rings is 3. The number of rotatable bonds is 12. The molecule has 0 spiro atoms. The van der Waals surface area contributed by atoms with E-state index in [1.165, 1.54) is 14.0 Å². The third kappa shape index (κ3) is 7.68. The van der Waals surface area contributed by atoms with E-state index in [2.05, 4.69) is 0 Å². The molecule has 0 bridgehead atoms. The maximum atomic E-state index is 13.8. The van der Waals surface area contributed by atoms with Gasteiger partial charge in [0.15, 0.2) is 12.2 Å². The second-order valence-electron chi connectivity index (χ2n) is 8.89. The predicted octanol–water partition coefficient (Wildman–Crippen LogP) is 4.43. The topological polar surface area (TPSA) is 95.5 Å². The molecule has 1 aliphatic heterocycles. The molecule has 1 unspecified atom stereocenters. The standard InChI is InChI=1S/C29H33O8P/c1-22(30)36-29-28(35-20-25-16-10-5-11-17-25)27(34-19-24-14-8-4-9-15-24)26(37-38(29,31)32-2)21-33-18-23-12-6-3-7-13-23/h3-17,26-29H,18-21H2,1-2H3/t26-,27-,28+,29-,38?/m1/s1. The molecule has 0 aliphatic carbocycles. The first kappa shape index (κ1) is 28.3. The van der Waals surface area contributed by atoms with Gasteiger partial charge in [0, 0.05) is 6.92 Å². The quantitative estimate of drug-likeness (QED) is 0.246. The van der Waals surface area contributed by atoms with E-state index < -0.39 is 38.1 Å². The summed E-state index contributed by atoms with van der Waals surface area (Å²) in [6.07, 6.45) is -2.55. The van der Waals surface area contributed by atoms with Crippen molar-refractivity contribution in [3.8, 4) is 0 Å². The van der Waals surface area contributed by atoms with Crippen molar-refractivity contribution in [1.82, 2.24) is 0 Å². The third-order valence-corrected chi connectivity index (χ3v) is 8.17. The van der Waals surface area contributed by atoms with Gasteiger partial charge >= 0.3 is 5.97 Å². The van der Waals surface area contributed by atoms with Gasteiger partial charge in [0.05, 0.1) is 33.5 Å². The Morgan fingerprint density at radius 3 is 1.74 bits per heavy atom. The van der Waals surface area contributed by atoms with Crippen LogP contribution in [0.4, 0.5) is 0 Å². The maximum absolute atomic E-state index is 13.8. The Bertz CT molecular complexity index is 1120. The first-order valence-corrected chi connectivity index (χ1v) is 14.0. The lowest BCUT2D eigenvalue weighted by atomic mass is 10.1. The van der Waals surface area contributed by atoms with E-state index in [0.29, 0.717) is 6.61 Å². The van der Waals surface area contributed by atoms with Gasteiger partial charge < -0.3 is 23.8 Å². The zero-order valence-electron chi connectivity index (χ0n) is 21.5. The monoisotopic (exact) mass is 540 g/mol. The van der Waals surface area contributed by atoms with E-state index in [9.17, 15) is 9.69 Å². The van der Waals surface area contributed by atoms with Crippen molar-refractivity contribution in [1.29, 1.82) is 0 Å². The normalized spacial score (nSPS) is 25.1. The second-order valence-corrected chi connectivity index (χ2v) is 11.1. The van der Waals surface area contributed by atoms with Gasteiger partial charge in [-0.1, -0.05) is 91.0 Å². The molecule has 1 saturated heterocycles.